The van der Waals surface area contributed by atoms with E-state index >= 15 is 0 Å². The fourth-order valence-corrected chi connectivity index (χ4v) is 5.31. The van der Waals surface area contributed by atoms with E-state index in [2.05, 4.69) is 4.57 Å². The summed E-state index contributed by atoms with van der Waals surface area (Å²) in [6, 6.07) is 29.3. The van der Waals surface area contributed by atoms with Crippen LogP contribution in [0.4, 0.5) is 5.69 Å². The summed E-state index contributed by atoms with van der Waals surface area (Å²) in [6.07, 6.45) is 3.83. The van der Waals surface area contributed by atoms with Gasteiger partial charge in [0.1, 0.15) is 24.9 Å². The van der Waals surface area contributed by atoms with Crippen LogP contribution < -0.4 is 9.64 Å². The molecule has 3 aromatic carbocycles. The zero-order chi connectivity index (χ0) is 26.8. The van der Waals surface area contributed by atoms with Crippen LogP contribution in [0.2, 0.25) is 0 Å². The molecule has 1 unspecified atom stereocenters. The van der Waals surface area contributed by atoms with Crippen LogP contribution in [0.25, 0.3) is 5.69 Å². The number of anilines is 1. The van der Waals surface area contributed by atoms with Gasteiger partial charge in [-0.3, -0.25) is 14.5 Å². The lowest BCUT2D eigenvalue weighted by Gasteiger charge is -2.39. The average Bonchev–Trinajstić information content (AvgIpc) is 3.70. The zero-order valence-corrected chi connectivity index (χ0v) is 21.9. The van der Waals surface area contributed by atoms with Gasteiger partial charge in [-0.1, -0.05) is 54.6 Å². The topological polar surface area (TPSA) is 64.0 Å². The van der Waals surface area contributed by atoms with Crippen molar-refractivity contribution in [3.63, 3.8) is 0 Å². The van der Waals surface area contributed by atoms with Gasteiger partial charge in [-0.2, -0.15) is 0 Å². The average molecular weight is 522 g/mol. The highest BCUT2D eigenvalue weighted by molar-refractivity contribution is 6.00. The highest BCUT2D eigenvalue weighted by atomic mass is 16.5. The molecular formula is C32H31N3O4. The Morgan fingerprint density at radius 3 is 2.31 bits per heavy atom. The first-order valence-corrected chi connectivity index (χ1v) is 13.3. The summed E-state index contributed by atoms with van der Waals surface area (Å²) in [5.41, 5.74) is 4.72. The molecule has 39 heavy (non-hydrogen) atoms. The van der Waals surface area contributed by atoms with Crippen molar-refractivity contribution in [2.75, 3.05) is 25.2 Å². The molecule has 0 bridgehead atoms. The van der Waals surface area contributed by atoms with Crippen LogP contribution in [0.15, 0.2) is 97.2 Å². The molecule has 1 aliphatic carbocycles. The molecule has 0 radical (unpaired) electrons. The van der Waals surface area contributed by atoms with E-state index < -0.39 is 0 Å². The maximum absolute atomic E-state index is 14.2. The maximum atomic E-state index is 14.2. The van der Waals surface area contributed by atoms with E-state index in [1.807, 2.05) is 102 Å². The van der Waals surface area contributed by atoms with Gasteiger partial charge in [0.2, 0.25) is 11.8 Å². The number of fused-ring (bicyclic) bond motifs is 3. The Kier molecular flexibility index (Phi) is 6.90. The van der Waals surface area contributed by atoms with Crippen molar-refractivity contribution in [1.82, 2.24) is 9.47 Å². The maximum Gasteiger partial charge on any atom is 0.249 e. The first kappa shape index (κ1) is 24.9. The number of carbonyl (C=O) groups is 2. The van der Waals surface area contributed by atoms with Gasteiger partial charge >= 0.3 is 0 Å². The van der Waals surface area contributed by atoms with Gasteiger partial charge < -0.3 is 18.9 Å². The summed E-state index contributed by atoms with van der Waals surface area (Å²) in [5, 5.41) is 0. The number of para-hydroxylation sites is 2. The minimum absolute atomic E-state index is 0.000105. The molecule has 1 saturated carbocycles. The Hall–Kier alpha value is -4.36. The second-order valence-corrected chi connectivity index (χ2v) is 9.96. The fraction of sp³-hybridized carbons (Fsp3) is 0.250. The largest absolute Gasteiger partial charge is 0.497 e. The van der Waals surface area contributed by atoms with E-state index in [4.69, 9.17) is 9.47 Å². The number of methoxy groups -OCH3 is 1. The summed E-state index contributed by atoms with van der Waals surface area (Å²) < 4.78 is 13.2. The molecule has 0 spiro atoms. The molecule has 1 aliphatic heterocycles. The number of aromatic nitrogens is 1. The van der Waals surface area contributed by atoms with Gasteiger partial charge in [0.15, 0.2) is 0 Å². The molecular weight excluding hydrogens is 490 g/mol. The van der Waals surface area contributed by atoms with Crippen molar-refractivity contribution in [3.05, 3.63) is 114 Å². The van der Waals surface area contributed by atoms with E-state index in [0.29, 0.717) is 6.61 Å². The van der Waals surface area contributed by atoms with Crippen molar-refractivity contribution in [2.24, 2.45) is 0 Å². The molecule has 2 aliphatic rings. The summed E-state index contributed by atoms with van der Waals surface area (Å²) in [4.78, 5) is 31.0. The van der Waals surface area contributed by atoms with Gasteiger partial charge in [-0.05, 0) is 60.4 Å². The number of ether oxygens (including phenoxy) is 2. The zero-order valence-electron chi connectivity index (χ0n) is 21.9. The van der Waals surface area contributed by atoms with Crippen molar-refractivity contribution in [1.29, 1.82) is 0 Å². The molecule has 2 amide bonds. The van der Waals surface area contributed by atoms with Gasteiger partial charge in [-0.15, -0.1) is 0 Å². The van der Waals surface area contributed by atoms with Crippen molar-refractivity contribution >= 4 is 17.5 Å². The molecule has 0 N–H and O–H groups in total. The van der Waals surface area contributed by atoms with Crippen molar-refractivity contribution < 1.29 is 19.1 Å². The molecule has 6 rings (SSSR count). The van der Waals surface area contributed by atoms with Gasteiger partial charge in [0.25, 0.3) is 0 Å². The third-order valence-electron chi connectivity index (χ3n) is 7.37. The minimum atomic E-state index is -0.348. The SMILES string of the molecule is COc1ccc(C2c3cccn3-c3ccccc3N2C(=O)CN(C(=O)COCc2ccccc2)C2CC2)cc1. The lowest BCUT2D eigenvalue weighted by molar-refractivity contribution is -0.140. The molecule has 4 aromatic rings. The third kappa shape index (κ3) is 5.05. The summed E-state index contributed by atoms with van der Waals surface area (Å²) >= 11 is 0. The molecule has 7 nitrogen and oxygen atoms in total. The van der Waals surface area contributed by atoms with Crippen LogP contribution >= 0.6 is 0 Å². The van der Waals surface area contributed by atoms with E-state index in [0.717, 1.165) is 46.8 Å². The first-order valence-electron chi connectivity index (χ1n) is 13.3. The predicted octanol–water partition coefficient (Wildman–Crippen LogP) is 5.13. The molecule has 0 saturated heterocycles. The third-order valence-corrected chi connectivity index (χ3v) is 7.37. The normalized spacial score (nSPS) is 15.8. The van der Waals surface area contributed by atoms with Crippen molar-refractivity contribution in [3.8, 4) is 11.4 Å². The Labute approximate surface area is 228 Å². The molecule has 1 aromatic heterocycles. The smallest absolute Gasteiger partial charge is 0.249 e. The molecule has 2 heterocycles. The van der Waals surface area contributed by atoms with E-state index in [9.17, 15) is 9.59 Å². The Bertz CT molecular complexity index is 1460. The Morgan fingerprint density at radius 2 is 1.59 bits per heavy atom. The number of rotatable bonds is 9. The fourth-order valence-electron chi connectivity index (χ4n) is 5.31. The highest BCUT2D eigenvalue weighted by Crippen LogP contribution is 2.42. The number of amides is 2. The number of hydrogen-bond acceptors (Lipinski definition) is 4. The Balaban J connectivity index is 1.28. The van der Waals surface area contributed by atoms with E-state index in [-0.39, 0.29) is 37.0 Å². The molecule has 1 atom stereocenters. The second-order valence-electron chi connectivity index (χ2n) is 9.96. The first-order chi connectivity index (χ1) is 19.1. The Morgan fingerprint density at radius 1 is 0.872 bits per heavy atom. The molecule has 7 heteroatoms. The molecule has 1 fully saturated rings. The van der Waals surface area contributed by atoms with E-state index in [1.54, 1.807) is 12.0 Å². The van der Waals surface area contributed by atoms with Gasteiger partial charge in [-0.25, -0.2) is 0 Å². The van der Waals surface area contributed by atoms with Gasteiger partial charge in [0, 0.05) is 12.2 Å². The summed E-state index contributed by atoms with van der Waals surface area (Å²) in [5.74, 6) is 0.472. The van der Waals surface area contributed by atoms with Crippen LogP contribution in [-0.2, 0) is 20.9 Å². The van der Waals surface area contributed by atoms with Crippen LogP contribution in [-0.4, -0.2) is 47.6 Å². The summed E-state index contributed by atoms with van der Waals surface area (Å²) in [6.45, 7) is 0.301. The molecule has 198 valence electrons. The van der Waals surface area contributed by atoms with Crippen LogP contribution in [0.1, 0.15) is 35.7 Å². The highest BCUT2D eigenvalue weighted by Gasteiger charge is 2.39. The quantitative estimate of drug-likeness (QED) is 0.306. The number of carbonyl (C=O) groups excluding carboxylic acids is 2. The monoisotopic (exact) mass is 521 g/mol. The van der Waals surface area contributed by atoms with E-state index in [1.165, 1.54) is 0 Å². The van der Waals surface area contributed by atoms with Crippen LogP contribution in [0.5, 0.6) is 5.75 Å². The van der Waals surface area contributed by atoms with Gasteiger partial charge in [0.05, 0.1) is 30.8 Å². The minimum Gasteiger partial charge on any atom is -0.497 e. The lowest BCUT2D eigenvalue weighted by atomic mass is 9.97. The summed E-state index contributed by atoms with van der Waals surface area (Å²) in [7, 11) is 1.64. The predicted molar refractivity (Wildman–Crippen MR) is 149 cm³/mol. The second kappa shape index (κ2) is 10.8. The van der Waals surface area contributed by atoms with Crippen molar-refractivity contribution in [2.45, 2.75) is 31.5 Å². The lowest BCUT2D eigenvalue weighted by Crippen LogP contribution is -2.48. The number of nitrogens with zero attached hydrogens (tertiary/aromatic N) is 3. The number of benzene rings is 3. The van der Waals surface area contributed by atoms with Crippen LogP contribution in [0, 0.1) is 0 Å². The van der Waals surface area contributed by atoms with Crippen LogP contribution in [0.3, 0.4) is 0 Å². The standard InChI is InChI=1S/C32H31N3O4/c1-38-26-17-13-24(14-18-26)32-29-12-7-19-33(29)27-10-5-6-11-28(27)35(32)30(36)20-34(25-15-16-25)31(37)22-39-21-23-8-3-2-4-9-23/h2-14,17-19,25,32H,15-16,20-22H2,1H3. The number of hydrogen-bond donors (Lipinski definition) is 0.